The average molecular weight is 469 g/mol. The Bertz CT molecular complexity index is 604. The molecule has 0 heterocycles. The van der Waals surface area contributed by atoms with E-state index in [2.05, 4.69) is 38.1 Å². The lowest BCUT2D eigenvalue weighted by molar-refractivity contribution is 0.140. The smallest absolute Gasteiger partial charge is 0.119 e. The maximum Gasteiger partial charge on any atom is 0.119 e. The normalized spacial score (nSPS) is 25.4. The molecule has 34 heavy (non-hydrogen) atoms. The van der Waals surface area contributed by atoms with E-state index in [-0.39, 0.29) is 0 Å². The van der Waals surface area contributed by atoms with Gasteiger partial charge >= 0.3 is 0 Å². The minimum atomic E-state index is 0.872. The summed E-state index contributed by atoms with van der Waals surface area (Å²) in [5.74, 6) is 5.19. The van der Waals surface area contributed by atoms with Gasteiger partial charge in [0.2, 0.25) is 0 Å². The molecule has 0 N–H and O–H groups in total. The monoisotopic (exact) mass is 468 g/mol. The van der Waals surface area contributed by atoms with Gasteiger partial charge in [-0.25, -0.2) is 0 Å². The molecule has 0 spiro atoms. The third-order valence-corrected chi connectivity index (χ3v) is 9.20. The van der Waals surface area contributed by atoms with Crippen LogP contribution in [0.4, 0.5) is 0 Å². The zero-order valence-electron chi connectivity index (χ0n) is 22.9. The number of hydrogen-bond donors (Lipinski definition) is 0. The summed E-state index contributed by atoms with van der Waals surface area (Å²) in [4.78, 5) is 0. The van der Waals surface area contributed by atoms with Crippen LogP contribution < -0.4 is 4.74 Å². The minimum Gasteiger partial charge on any atom is -0.494 e. The van der Waals surface area contributed by atoms with Gasteiger partial charge in [0.05, 0.1) is 6.61 Å². The van der Waals surface area contributed by atoms with Gasteiger partial charge in [-0.2, -0.15) is 0 Å². The van der Waals surface area contributed by atoms with Gasteiger partial charge in [-0.05, 0) is 86.3 Å². The Balaban J connectivity index is 1.23. The van der Waals surface area contributed by atoms with Crippen LogP contribution in [0, 0.1) is 23.7 Å². The fourth-order valence-electron chi connectivity index (χ4n) is 6.76. The van der Waals surface area contributed by atoms with E-state index in [0.29, 0.717) is 0 Å². The van der Waals surface area contributed by atoms with E-state index in [1.54, 1.807) is 0 Å². The predicted octanol–water partition coefficient (Wildman–Crippen LogP) is 10.6. The second kappa shape index (κ2) is 16.6. The number of unbranched alkanes of at least 4 members (excludes halogenated alkanes) is 7. The van der Waals surface area contributed by atoms with Gasteiger partial charge in [0.25, 0.3) is 0 Å². The molecule has 0 radical (unpaired) electrons. The first-order chi connectivity index (χ1) is 16.8. The second-order valence-corrected chi connectivity index (χ2v) is 11.9. The number of hydrogen-bond acceptors (Lipinski definition) is 1. The molecule has 1 aromatic rings. The van der Waals surface area contributed by atoms with Gasteiger partial charge in [0.1, 0.15) is 5.75 Å². The Hall–Kier alpha value is -0.980. The van der Waals surface area contributed by atoms with Crippen LogP contribution in [0.1, 0.15) is 141 Å². The number of rotatable bonds is 16. The van der Waals surface area contributed by atoms with Gasteiger partial charge in [-0.1, -0.05) is 109 Å². The van der Waals surface area contributed by atoms with Crippen LogP contribution in [-0.4, -0.2) is 6.61 Å². The van der Waals surface area contributed by atoms with Crippen LogP contribution in [0.25, 0.3) is 0 Å². The van der Waals surface area contributed by atoms with Gasteiger partial charge in [0, 0.05) is 0 Å². The highest BCUT2D eigenvalue weighted by Gasteiger charge is 2.30. The molecular formula is C33H56O. The summed E-state index contributed by atoms with van der Waals surface area (Å²) in [6.07, 6.45) is 28.5. The molecule has 0 amide bonds. The topological polar surface area (TPSA) is 9.23 Å². The van der Waals surface area contributed by atoms with E-state index in [0.717, 1.165) is 36.0 Å². The van der Waals surface area contributed by atoms with Crippen molar-refractivity contribution in [3.63, 3.8) is 0 Å². The van der Waals surface area contributed by atoms with E-state index < -0.39 is 0 Å². The first-order valence-corrected chi connectivity index (χ1v) is 15.5. The Morgan fingerprint density at radius 3 is 1.71 bits per heavy atom. The fraction of sp³-hybridized carbons (Fsp3) is 0.818. The standard InChI is InChI=1S/C33H56O/c1-3-5-7-8-9-10-11-27-34-33-25-19-30(20-26-33)14-13-29-17-23-32(24-18-29)31-21-15-28(16-22-31)12-6-4-2/h19-20,25-26,28-29,31-32H,3-18,21-24,27H2,1-2H3. The highest BCUT2D eigenvalue weighted by atomic mass is 16.5. The maximum atomic E-state index is 5.98. The van der Waals surface area contributed by atoms with Gasteiger partial charge < -0.3 is 4.74 Å². The molecule has 0 saturated heterocycles. The lowest BCUT2D eigenvalue weighted by Crippen LogP contribution is -2.26. The van der Waals surface area contributed by atoms with E-state index in [1.807, 2.05) is 0 Å². The number of ether oxygens (including phenoxy) is 1. The third-order valence-electron chi connectivity index (χ3n) is 9.20. The van der Waals surface area contributed by atoms with E-state index in [1.165, 1.54) is 134 Å². The van der Waals surface area contributed by atoms with Crippen LogP contribution in [-0.2, 0) is 6.42 Å². The van der Waals surface area contributed by atoms with Crippen molar-refractivity contribution in [2.75, 3.05) is 6.61 Å². The minimum absolute atomic E-state index is 0.872. The summed E-state index contributed by atoms with van der Waals surface area (Å²) in [6.45, 7) is 5.49. The molecule has 0 unspecified atom stereocenters. The maximum absolute atomic E-state index is 5.98. The number of benzene rings is 1. The van der Waals surface area contributed by atoms with Gasteiger partial charge in [0.15, 0.2) is 0 Å². The quantitative estimate of drug-likeness (QED) is 0.219. The zero-order chi connectivity index (χ0) is 23.8. The molecule has 2 aliphatic rings. The van der Waals surface area contributed by atoms with Crippen molar-refractivity contribution in [3.8, 4) is 5.75 Å². The summed E-state index contributed by atoms with van der Waals surface area (Å²) in [7, 11) is 0. The molecule has 2 fully saturated rings. The highest BCUT2D eigenvalue weighted by Crippen LogP contribution is 2.43. The Morgan fingerprint density at radius 2 is 1.12 bits per heavy atom. The van der Waals surface area contributed by atoms with Crippen molar-refractivity contribution in [1.29, 1.82) is 0 Å². The largest absolute Gasteiger partial charge is 0.494 e. The molecule has 0 bridgehead atoms. The molecular weight excluding hydrogens is 412 g/mol. The van der Waals surface area contributed by atoms with Crippen molar-refractivity contribution < 1.29 is 4.74 Å². The van der Waals surface area contributed by atoms with Crippen molar-refractivity contribution in [1.82, 2.24) is 0 Å². The van der Waals surface area contributed by atoms with E-state index in [9.17, 15) is 0 Å². The lowest BCUT2D eigenvalue weighted by Gasteiger charge is -2.38. The van der Waals surface area contributed by atoms with E-state index in [4.69, 9.17) is 4.74 Å². The summed E-state index contributed by atoms with van der Waals surface area (Å²) < 4.78 is 5.98. The Morgan fingerprint density at radius 1 is 0.588 bits per heavy atom. The van der Waals surface area contributed by atoms with Crippen LogP contribution in [0.2, 0.25) is 0 Å². The SMILES string of the molecule is CCCCCCCCCOc1ccc(CCC2CCC(C3CCC(CCCC)CC3)CC2)cc1. The van der Waals surface area contributed by atoms with Gasteiger partial charge in [-0.15, -0.1) is 0 Å². The molecule has 1 heteroatoms. The van der Waals surface area contributed by atoms with E-state index >= 15 is 0 Å². The summed E-state index contributed by atoms with van der Waals surface area (Å²) >= 11 is 0. The lowest BCUT2D eigenvalue weighted by atomic mass is 9.68. The third kappa shape index (κ3) is 10.3. The molecule has 0 aromatic heterocycles. The second-order valence-electron chi connectivity index (χ2n) is 11.9. The van der Waals surface area contributed by atoms with Crippen LogP contribution in [0.3, 0.4) is 0 Å². The number of aryl methyl sites for hydroxylation is 1. The van der Waals surface area contributed by atoms with Gasteiger partial charge in [-0.3, -0.25) is 0 Å². The molecule has 0 aliphatic heterocycles. The summed E-state index contributed by atoms with van der Waals surface area (Å²) in [5.41, 5.74) is 1.50. The first-order valence-electron chi connectivity index (χ1n) is 15.5. The summed E-state index contributed by atoms with van der Waals surface area (Å²) in [6, 6.07) is 9.01. The van der Waals surface area contributed by atoms with Crippen molar-refractivity contribution >= 4 is 0 Å². The highest BCUT2D eigenvalue weighted by molar-refractivity contribution is 5.27. The molecule has 2 aliphatic carbocycles. The van der Waals surface area contributed by atoms with Crippen LogP contribution in [0.15, 0.2) is 24.3 Å². The molecule has 194 valence electrons. The van der Waals surface area contributed by atoms with Crippen molar-refractivity contribution in [2.45, 2.75) is 142 Å². The average Bonchev–Trinajstić information content (AvgIpc) is 2.89. The zero-order valence-corrected chi connectivity index (χ0v) is 22.9. The fourth-order valence-corrected chi connectivity index (χ4v) is 6.76. The summed E-state index contributed by atoms with van der Waals surface area (Å²) in [5, 5.41) is 0. The van der Waals surface area contributed by atoms with Crippen LogP contribution >= 0.6 is 0 Å². The molecule has 0 atom stereocenters. The molecule has 1 aromatic carbocycles. The molecule has 1 nitrogen and oxygen atoms in total. The van der Waals surface area contributed by atoms with Crippen molar-refractivity contribution in [3.05, 3.63) is 29.8 Å². The molecule has 2 saturated carbocycles. The van der Waals surface area contributed by atoms with Crippen LogP contribution in [0.5, 0.6) is 5.75 Å². The Labute approximate surface area is 212 Å². The predicted molar refractivity (Wildman–Crippen MR) is 149 cm³/mol. The Kier molecular flexibility index (Phi) is 13.5. The first kappa shape index (κ1) is 27.6. The molecule has 3 rings (SSSR count). The van der Waals surface area contributed by atoms with Crippen molar-refractivity contribution in [2.24, 2.45) is 23.7 Å².